The van der Waals surface area contributed by atoms with Crippen molar-refractivity contribution in [1.29, 1.82) is 5.26 Å². The van der Waals surface area contributed by atoms with Crippen LogP contribution in [0.1, 0.15) is 28.2 Å². The number of fused-ring (bicyclic) bond motifs is 3. The first-order valence-corrected chi connectivity index (χ1v) is 9.35. The van der Waals surface area contributed by atoms with Gasteiger partial charge in [0.05, 0.1) is 12.1 Å². The van der Waals surface area contributed by atoms with E-state index in [1.54, 1.807) is 18.2 Å². The van der Waals surface area contributed by atoms with Gasteiger partial charge in [-0.3, -0.25) is 0 Å². The SMILES string of the molecule is N#Cc1ccccc1C#CCNC(=O)OCC1c2ccccc2-c2ccccc21. The van der Waals surface area contributed by atoms with E-state index in [4.69, 9.17) is 10.00 Å². The molecule has 0 spiro atoms. The molecule has 140 valence electrons. The highest BCUT2D eigenvalue weighted by Crippen LogP contribution is 2.44. The summed E-state index contributed by atoms with van der Waals surface area (Å²) in [6, 6.07) is 25.6. The number of alkyl carbamates (subject to hydrolysis) is 1. The molecule has 1 aliphatic rings. The van der Waals surface area contributed by atoms with Crippen LogP contribution in [0.25, 0.3) is 11.1 Å². The summed E-state index contributed by atoms with van der Waals surface area (Å²) in [7, 11) is 0. The molecule has 0 unspecified atom stereocenters. The quantitative estimate of drug-likeness (QED) is 0.685. The number of amides is 1. The van der Waals surface area contributed by atoms with Gasteiger partial charge in [-0.15, -0.1) is 0 Å². The molecule has 0 saturated carbocycles. The average molecular weight is 378 g/mol. The van der Waals surface area contributed by atoms with E-state index in [2.05, 4.69) is 47.5 Å². The number of nitrogens with zero attached hydrogens (tertiary/aromatic N) is 1. The zero-order valence-corrected chi connectivity index (χ0v) is 15.7. The summed E-state index contributed by atoms with van der Waals surface area (Å²) < 4.78 is 5.47. The first kappa shape index (κ1) is 18.3. The van der Waals surface area contributed by atoms with Gasteiger partial charge in [0.2, 0.25) is 0 Å². The Morgan fingerprint density at radius 1 is 0.897 bits per heavy atom. The van der Waals surface area contributed by atoms with Crippen molar-refractivity contribution < 1.29 is 9.53 Å². The molecule has 0 fully saturated rings. The lowest BCUT2D eigenvalue weighted by molar-refractivity contribution is 0.144. The minimum atomic E-state index is -0.505. The van der Waals surface area contributed by atoms with E-state index < -0.39 is 6.09 Å². The molecule has 29 heavy (non-hydrogen) atoms. The Labute approximate surface area is 169 Å². The Balaban J connectivity index is 1.36. The summed E-state index contributed by atoms with van der Waals surface area (Å²) in [5, 5.41) is 11.7. The summed E-state index contributed by atoms with van der Waals surface area (Å²) in [4.78, 5) is 12.1. The minimum Gasteiger partial charge on any atom is -0.449 e. The third-order valence-corrected chi connectivity index (χ3v) is 4.94. The average Bonchev–Trinajstić information content (AvgIpc) is 3.09. The first-order chi connectivity index (χ1) is 14.3. The molecule has 1 amide bonds. The fourth-order valence-electron chi connectivity index (χ4n) is 3.59. The zero-order chi connectivity index (χ0) is 20.1. The lowest BCUT2D eigenvalue weighted by Crippen LogP contribution is -2.26. The first-order valence-electron chi connectivity index (χ1n) is 9.35. The Morgan fingerprint density at radius 3 is 2.14 bits per heavy atom. The predicted octanol–water partition coefficient (Wildman–Crippen LogP) is 4.45. The van der Waals surface area contributed by atoms with Gasteiger partial charge in [-0.1, -0.05) is 72.5 Å². The minimum absolute atomic E-state index is 0.0294. The number of rotatable bonds is 3. The number of nitriles is 1. The van der Waals surface area contributed by atoms with Crippen LogP contribution in [0.5, 0.6) is 0 Å². The van der Waals surface area contributed by atoms with Gasteiger partial charge in [0.25, 0.3) is 0 Å². The van der Waals surface area contributed by atoms with Gasteiger partial charge < -0.3 is 10.1 Å². The molecular formula is C25H18N2O2. The Bertz CT molecular complexity index is 1120. The van der Waals surface area contributed by atoms with E-state index in [0.717, 1.165) is 0 Å². The molecule has 1 aliphatic carbocycles. The second kappa shape index (κ2) is 8.33. The maximum atomic E-state index is 12.1. The van der Waals surface area contributed by atoms with Crippen molar-refractivity contribution >= 4 is 6.09 Å². The third-order valence-electron chi connectivity index (χ3n) is 4.94. The standard InChI is InChI=1S/C25H18N2O2/c26-16-19-9-2-1-8-18(19)10-7-15-27-25(28)29-17-24-22-13-5-3-11-20(22)21-12-4-6-14-23(21)24/h1-6,8-9,11-14,24H,15,17H2,(H,27,28). The molecular weight excluding hydrogens is 360 g/mol. The van der Waals surface area contributed by atoms with Gasteiger partial charge in [-0.25, -0.2) is 4.79 Å². The number of benzene rings is 3. The Kier molecular flexibility index (Phi) is 5.27. The van der Waals surface area contributed by atoms with E-state index in [-0.39, 0.29) is 19.1 Å². The highest BCUT2D eigenvalue weighted by atomic mass is 16.5. The van der Waals surface area contributed by atoms with Gasteiger partial charge in [0.1, 0.15) is 12.7 Å². The molecule has 0 bridgehead atoms. The van der Waals surface area contributed by atoms with Crippen LogP contribution >= 0.6 is 0 Å². The van der Waals surface area contributed by atoms with Gasteiger partial charge >= 0.3 is 6.09 Å². The van der Waals surface area contributed by atoms with Gasteiger partial charge in [0, 0.05) is 11.5 Å². The van der Waals surface area contributed by atoms with Crippen LogP contribution in [0.4, 0.5) is 4.79 Å². The molecule has 1 N–H and O–H groups in total. The van der Waals surface area contributed by atoms with Crippen LogP contribution < -0.4 is 5.32 Å². The molecule has 4 rings (SSSR count). The summed E-state index contributed by atoms with van der Waals surface area (Å²) in [5.41, 5.74) is 5.90. The van der Waals surface area contributed by atoms with E-state index >= 15 is 0 Å². The van der Waals surface area contributed by atoms with Crippen molar-refractivity contribution in [2.24, 2.45) is 0 Å². The van der Waals surface area contributed by atoms with Crippen LogP contribution in [0.3, 0.4) is 0 Å². The number of nitrogens with one attached hydrogen (secondary N) is 1. The summed E-state index contributed by atoms with van der Waals surface area (Å²) >= 11 is 0. The molecule has 0 atom stereocenters. The van der Waals surface area contributed by atoms with E-state index in [1.807, 2.05) is 30.3 Å². The van der Waals surface area contributed by atoms with Gasteiger partial charge in [-0.2, -0.15) is 5.26 Å². The highest BCUT2D eigenvalue weighted by molar-refractivity contribution is 5.79. The van der Waals surface area contributed by atoms with E-state index in [1.165, 1.54) is 22.3 Å². The van der Waals surface area contributed by atoms with Crippen LogP contribution in [-0.2, 0) is 4.74 Å². The molecule has 0 saturated heterocycles. The van der Waals surface area contributed by atoms with Crippen molar-refractivity contribution in [3.63, 3.8) is 0 Å². The number of ether oxygens (including phenoxy) is 1. The fourth-order valence-corrected chi connectivity index (χ4v) is 3.59. The van der Waals surface area contributed by atoms with Crippen LogP contribution in [0.2, 0.25) is 0 Å². The molecule has 0 aliphatic heterocycles. The molecule has 3 aromatic rings. The Morgan fingerprint density at radius 2 is 1.48 bits per heavy atom. The maximum Gasteiger partial charge on any atom is 0.407 e. The molecule has 0 heterocycles. The number of hydrogen-bond donors (Lipinski definition) is 1. The molecule has 4 nitrogen and oxygen atoms in total. The fraction of sp³-hybridized carbons (Fsp3) is 0.120. The van der Waals surface area contributed by atoms with Crippen LogP contribution in [-0.4, -0.2) is 19.2 Å². The van der Waals surface area contributed by atoms with Crippen LogP contribution in [0, 0.1) is 23.2 Å². The molecule has 3 aromatic carbocycles. The normalized spacial score (nSPS) is 11.4. The second-order valence-electron chi connectivity index (χ2n) is 6.64. The van der Waals surface area contributed by atoms with Crippen molar-refractivity contribution in [1.82, 2.24) is 5.32 Å². The smallest absolute Gasteiger partial charge is 0.407 e. The zero-order valence-electron chi connectivity index (χ0n) is 15.7. The third kappa shape index (κ3) is 3.83. The lowest BCUT2D eigenvalue weighted by atomic mass is 9.98. The van der Waals surface area contributed by atoms with Crippen molar-refractivity contribution in [3.05, 3.63) is 95.1 Å². The number of carbonyl (C=O) groups is 1. The molecule has 0 radical (unpaired) electrons. The monoisotopic (exact) mass is 378 g/mol. The maximum absolute atomic E-state index is 12.1. The molecule has 0 aromatic heterocycles. The van der Waals surface area contributed by atoms with Crippen molar-refractivity contribution in [3.8, 4) is 29.0 Å². The van der Waals surface area contributed by atoms with Gasteiger partial charge in [0.15, 0.2) is 0 Å². The number of carbonyl (C=O) groups excluding carboxylic acids is 1. The van der Waals surface area contributed by atoms with Gasteiger partial charge in [-0.05, 0) is 34.4 Å². The highest BCUT2D eigenvalue weighted by Gasteiger charge is 2.28. The van der Waals surface area contributed by atoms with Crippen molar-refractivity contribution in [2.75, 3.05) is 13.2 Å². The summed E-state index contributed by atoms with van der Waals surface area (Å²) in [5.74, 6) is 5.78. The Hall–Kier alpha value is -4.02. The lowest BCUT2D eigenvalue weighted by Gasteiger charge is -2.14. The molecule has 4 heteroatoms. The topological polar surface area (TPSA) is 62.1 Å². The predicted molar refractivity (Wildman–Crippen MR) is 111 cm³/mol. The van der Waals surface area contributed by atoms with E-state index in [9.17, 15) is 4.79 Å². The summed E-state index contributed by atoms with van der Waals surface area (Å²) in [6.45, 7) is 0.418. The van der Waals surface area contributed by atoms with Crippen LogP contribution in [0.15, 0.2) is 72.8 Å². The largest absolute Gasteiger partial charge is 0.449 e. The van der Waals surface area contributed by atoms with Crippen molar-refractivity contribution in [2.45, 2.75) is 5.92 Å². The summed E-state index contributed by atoms with van der Waals surface area (Å²) in [6.07, 6.45) is -0.505. The second-order valence-corrected chi connectivity index (χ2v) is 6.64. The number of hydrogen-bond acceptors (Lipinski definition) is 3. The van der Waals surface area contributed by atoms with E-state index in [0.29, 0.717) is 11.1 Å².